The van der Waals surface area contributed by atoms with Crippen molar-refractivity contribution in [1.29, 1.82) is 0 Å². The van der Waals surface area contributed by atoms with E-state index in [4.69, 9.17) is 16.7 Å². The lowest BCUT2D eigenvalue weighted by Gasteiger charge is -2.11. The monoisotopic (exact) mass is 199 g/mol. The molecule has 0 saturated heterocycles. The fourth-order valence-electron chi connectivity index (χ4n) is 1.16. The Morgan fingerprint density at radius 1 is 1.38 bits per heavy atom. The Balaban J connectivity index is 2.85. The van der Waals surface area contributed by atoms with Gasteiger partial charge < -0.3 is 10.0 Å². The zero-order chi connectivity index (χ0) is 9.84. The SMILES string of the molecule is CN(C)Cc1ccc(CO)cc1Cl. The van der Waals surface area contributed by atoms with Crippen LogP contribution in [0, 0.1) is 0 Å². The number of aliphatic hydroxyl groups is 1. The summed E-state index contributed by atoms with van der Waals surface area (Å²) >= 11 is 6.01. The van der Waals surface area contributed by atoms with E-state index in [1.54, 1.807) is 6.07 Å². The van der Waals surface area contributed by atoms with Gasteiger partial charge in [-0.3, -0.25) is 0 Å². The predicted octanol–water partition coefficient (Wildman–Crippen LogP) is 1.89. The van der Waals surface area contributed by atoms with Gasteiger partial charge in [0.25, 0.3) is 0 Å². The van der Waals surface area contributed by atoms with Crippen LogP contribution in [0.1, 0.15) is 11.1 Å². The molecule has 72 valence electrons. The van der Waals surface area contributed by atoms with Crippen molar-refractivity contribution >= 4 is 11.6 Å². The fraction of sp³-hybridized carbons (Fsp3) is 0.400. The molecule has 0 aliphatic carbocycles. The van der Waals surface area contributed by atoms with Crippen molar-refractivity contribution in [2.75, 3.05) is 14.1 Å². The molecule has 0 saturated carbocycles. The summed E-state index contributed by atoms with van der Waals surface area (Å²) in [5.41, 5.74) is 1.94. The first-order valence-corrected chi connectivity index (χ1v) is 4.54. The molecule has 0 fully saturated rings. The van der Waals surface area contributed by atoms with Crippen molar-refractivity contribution in [3.05, 3.63) is 34.3 Å². The number of halogens is 1. The molecule has 0 atom stereocenters. The molecule has 0 aliphatic heterocycles. The molecule has 0 spiro atoms. The minimum Gasteiger partial charge on any atom is -0.392 e. The van der Waals surface area contributed by atoms with Crippen molar-refractivity contribution in [2.24, 2.45) is 0 Å². The molecular weight excluding hydrogens is 186 g/mol. The average Bonchev–Trinajstić information content (AvgIpc) is 2.08. The van der Waals surface area contributed by atoms with Crippen LogP contribution in [0.5, 0.6) is 0 Å². The fourth-order valence-corrected chi connectivity index (χ4v) is 1.42. The predicted molar refractivity (Wildman–Crippen MR) is 54.8 cm³/mol. The van der Waals surface area contributed by atoms with E-state index in [1.165, 1.54) is 0 Å². The second kappa shape index (κ2) is 4.61. The van der Waals surface area contributed by atoms with Gasteiger partial charge in [-0.05, 0) is 31.3 Å². The topological polar surface area (TPSA) is 23.5 Å². The van der Waals surface area contributed by atoms with Crippen LogP contribution in [0.3, 0.4) is 0 Å². The summed E-state index contributed by atoms with van der Waals surface area (Å²) in [5, 5.41) is 9.59. The Morgan fingerprint density at radius 3 is 2.54 bits per heavy atom. The molecule has 0 unspecified atom stereocenters. The maximum Gasteiger partial charge on any atom is 0.0682 e. The van der Waals surface area contributed by atoms with Gasteiger partial charge in [-0.2, -0.15) is 0 Å². The maximum atomic E-state index is 8.87. The molecule has 1 N–H and O–H groups in total. The van der Waals surface area contributed by atoms with Gasteiger partial charge in [-0.1, -0.05) is 23.7 Å². The molecule has 0 amide bonds. The number of nitrogens with zero attached hydrogens (tertiary/aromatic N) is 1. The zero-order valence-corrected chi connectivity index (χ0v) is 8.67. The highest BCUT2D eigenvalue weighted by molar-refractivity contribution is 6.31. The van der Waals surface area contributed by atoms with E-state index >= 15 is 0 Å². The second-order valence-electron chi connectivity index (χ2n) is 3.32. The Kier molecular flexibility index (Phi) is 3.72. The summed E-state index contributed by atoms with van der Waals surface area (Å²) in [4.78, 5) is 2.06. The molecule has 1 rings (SSSR count). The quantitative estimate of drug-likeness (QED) is 0.804. The molecular formula is C10H14ClNO. The first-order valence-electron chi connectivity index (χ1n) is 4.16. The third kappa shape index (κ3) is 2.99. The average molecular weight is 200 g/mol. The lowest BCUT2D eigenvalue weighted by molar-refractivity contribution is 0.282. The van der Waals surface area contributed by atoms with Gasteiger partial charge in [-0.15, -0.1) is 0 Å². The highest BCUT2D eigenvalue weighted by Gasteiger charge is 2.02. The van der Waals surface area contributed by atoms with Crippen molar-refractivity contribution in [3.63, 3.8) is 0 Å². The van der Waals surface area contributed by atoms with E-state index in [0.29, 0.717) is 0 Å². The largest absolute Gasteiger partial charge is 0.392 e. The van der Waals surface area contributed by atoms with Crippen LogP contribution in [0.25, 0.3) is 0 Å². The molecule has 0 bridgehead atoms. The van der Waals surface area contributed by atoms with Crippen LogP contribution < -0.4 is 0 Å². The minimum atomic E-state index is 0.0436. The third-order valence-electron chi connectivity index (χ3n) is 1.79. The van der Waals surface area contributed by atoms with Crippen LogP contribution >= 0.6 is 11.6 Å². The van der Waals surface area contributed by atoms with Crippen LogP contribution in [0.15, 0.2) is 18.2 Å². The highest BCUT2D eigenvalue weighted by atomic mass is 35.5. The van der Waals surface area contributed by atoms with Gasteiger partial charge in [0.05, 0.1) is 6.61 Å². The summed E-state index contributed by atoms with van der Waals surface area (Å²) in [5.74, 6) is 0. The maximum absolute atomic E-state index is 8.87. The van der Waals surface area contributed by atoms with Crippen LogP contribution in [-0.2, 0) is 13.2 Å². The van der Waals surface area contributed by atoms with Gasteiger partial charge in [-0.25, -0.2) is 0 Å². The van der Waals surface area contributed by atoms with E-state index < -0.39 is 0 Å². The molecule has 1 aromatic carbocycles. The molecule has 0 aromatic heterocycles. The van der Waals surface area contributed by atoms with Gasteiger partial charge >= 0.3 is 0 Å². The number of hydrogen-bond donors (Lipinski definition) is 1. The Labute approximate surface area is 83.7 Å². The lowest BCUT2D eigenvalue weighted by Crippen LogP contribution is -2.11. The summed E-state index contributed by atoms with van der Waals surface area (Å²) in [6, 6.07) is 5.65. The zero-order valence-electron chi connectivity index (χ0n) is 7.92. The van der Waals surface area contributed by atoms with Crippen LogP contribution in [0.2, 0.25) is 5.02 Å². The van der Waals surface area contributed by atoms with Crippen molar-refractivity contribution in [2.45, 2.75) is 13.2 Å². The Hall–Kier alpha value is -0.570. The summed E-state index contributed by atoms with van der Waals surface area (Å²) in [6.07, 6.45) is 0. The van der Waals surface area contributed by atoms with Crippen LogP contribution in [0.4, 0.5) is 0 Å². The van der Waals surface area contributed by atoms with E-state index in [-0.39, 0.29) is 6.61 Å². The number of hydrogen-bond acceptors (Lipinski definition) is 2. The van der Waals surface area contributed by atoms with Crippen molar-refractivity contribution in [1.82, 2.24) is 4.90 Å². The van der Waals surface area contributed by atoms with E-state index in [1.807, 2.05) is 26.2 Å². The normalized spacial score (nSPS) is 10.8. The molecule has 0 aliphatic rings. The highest BCUT2D eigenvalue weighted by Crippen LogP contribution is 2.18. The van der Waals surface area contributed by atoms with Crippen molar-refractivity contribution in [3.8, 4) is 0 Å². The van der Waals surface area contributed by atoms with Gasteiger partial charge in [0.2, 0.25) is 0 Å². The second-order valence-corrected chi connectivity index (χ2v) is 3.73. The number of aliphatic hydroxyl groups excluding tert-OH is 1. The molecule has 3 heteroatoms. The standard InChI is InChI=1S/C10H14ClNO/c1-12(2)6-9-4-3-8(7-13)5-10(9)11/h3-5,13H,6-7H2,1-2H3. The lowest BCUT2D eigenvalue weighted by atomic mass is 10.1. The molecule has 1 aromatic rings. The number of benzene rings is 1. The molecule has 0 radical (unpaired) electrons. The Morgan fingerprint density at radius 2 is 2.08 bits per heavy atom. The Bertz CT molecular complexity index is 286. The van der Waals surface area contributed by atoms with E-state index in [0.717, 1.165) is 22.7 Å². The van der Waals surface area contributed by atoms with Gasteiger partial charge in [0.15, 0.2) is 0 Å². The van der Waals surface area contributed by atoms with Gasteiger partial charge in [0.1, 0.15) is 0 Å². The van der Waals surface area contributed by atoms with E-state index in [2.05, 4.69) is 4.90 Å². The van der Waals surface area contributed by atoms with Crippen LogP contribution in [-0.4, -0.2) is 24.1 Å². The summed E-state index contributed by atoms with van der Waals surface area (Å²) in [6.45, 7) is 0.868. The molecule has 13 heavy (non-hydrogen) atoms. The summed E-state index contributed by atoms with van der Waals surface area (Å²) in [7, 11) is 3.99. The van der Waals surface area contributed by atoms with Gasteiger partial charge in [0, 0.05) is 11.6 Å². The smallest absolute Gasteiger partial charge is 0.0682 e. The summed E-state index contributed by atoms with van der Waals surface area (Å²) < 4.78 is 0. The van der Waals surface area contributed by atoms with E-state index in [9.17, 15) is 0 Å². The first-order chi connectivity index (χ1) is 6.13. The number of rotatable bonds is 3. The molecule has 2 nitrogen and oxygen atoms in total. The minimum absolute atomic E-state index is 0.0436. The third-order valence-corrected chi connectivity index (χ3v) is 2.14. The van der Waals surface area contributed by atoms with Crippen molar-refractivity contribution < 1.29 is 5.11 Å². The first kappa shape index (κ1) is 10.5. The molecule has 0 heterocycles.